The third-order valence-corrected chi connectivity index (χ3v) is 5.94. The third-order valence-electron chi connectivity index (χ3n) is 5.94. The fourth-order valence-electron chi connectivity index (χ4n) is 4.23. The number of carboxylic acids is 1. The highest BCUT2D eigenvalue weighted by molar-refractivity contribution is 5.97. The molecule has 1 amide bonds. The van der Waals surface area contributed by atoms with Crippen molar-refractivity contribution in [2.45, 2.75) is 32.2 Å². The molecule has 4 aromatic rings. The molecule has 4 aromatic carbocycles. The van der Waals surface area contributed by atoms with Crippen LogP contribution in [-0.4, -0.2) is 17.0 Å². The van der Waals surface area contributed by atoms with Crippen molar-refractivity contribution in [1.29, 1.82) is 0 Å². The second-order valence-corrected chi connectivity index (χ2v) is 8.52. The van der Waals surface area contributed by atoms with Crippen LogP contribution in [0.15, 0.2) is 84.9 Å². The first-order valence-electron chi connectivity index (χ1n) is 11.6. The van der Waals surface area contributed by atoms with Crippen molar-refractivity contribution < 1.29 is 19.1 Å². The van der Waals surface area contributed by atoms with Gasteiger partial charge in [0, 0.05) is 23.4 Å². The van der Waals surface area contributed by atoms with Gasteiger partial charge in [0.05, 0.1) is 6.04 Å². The summed E-state index contributed by atoms with van der Waals surface area (Å²) >= 11 is 0. The monoisotopic (exact) mass is 470 g/mol. The van der Waals surface area contributed by atoms with Gasteiger partial charge in [0.15, 0.2) is 0 Å². The zero-order chi connectivity index (χ0) is 24.8. The van der Waals surface area contributed by atoms with Gasteiger partial charge >= 0.3 is 5.97 Å². The number of aryl methyl sites for hydroxylation is 1. The lowest BCUT2D eigenvalue weighted by atomic mass is 9.97. The molecule has 0 aliphatic heterocycles. The molecule has 0 radical (unpaired) electrons. The lowest BCUT2D eigenvalue weighted by molar-refractivity contribution is -0.137. The smallest absolute Gasteiger partial charge is 0.303 e. The maximum Gasteiger partial charge on any atom is 0.303 e. The summed E-state index contributed by atoms with van der Waals surface area (Å²) in [6, 6.07) is 25.2. The van der Waals surface area contributed by atoms with Gasteiger partial charge in [-0.05, 0) is 72.0 Å². The molecule has 4 rings (SSSR count). The van der Waals surface area contributed by atoms with Crippen LogP contribution in [0.4, 0.5) is 15.8 Å². The molecule has 1 atom stereocenters. The summed E-state index contributed by atoms with van der Waals surface area (Å²) in [5.74, 6) is -1.48. The maximum absolute atomic E-state index is 13.6. The van der Waals surface area contributed by atoms with Crippen molar-refractivity contribution in [1.82, 2.24) is 5.32 Å². The van der Waals surface area contributed by atoms with Gasteiger partial charge in [0.1, 0.15) is 5.82 Å². The molecule has 35 heavy (non-hydrogen) atoms. The van der Waals surface area contributed by atoms with E-state index < -0.39 is 5.97 Å². The van der Waals surface area contributed by atoms with E-state index in [0.29, 0.717) is 29.8 Å². The van der Waals surface area contributed by atoms with Gasteiger partial charge in [0.2, 0.25) is 0 Å². The Morgan fingerprint density at radius 2 is 1.66 bits per heavy atom. The van der Waals surface area contributed by atoms with E-state index in [4.69, 9.17) is 5.11 Å². The van der Waals surface area contributed by atoms with E-state index >= 15 is 0 Å². The number of hydrogen-bond acceptors (Lipinski definition) is 3. The largest absolute Gasteiger partial charge is 0.481 e. The first-order chi connectivity index (χ1) is 16.9. The fraction of sp³-hybridized carbons (Fsp3) is 0.172. The number of carbonyl (C=O) groups is 2. The SMILES string of the molecule is CC(NC(=O)c1cc(Nc2cccc(F)c2)ccc1CCCC(=O)O)c1cccc2ccccc12. The molecule has 0 spiro atoms. The Balaban J connectivity index is 1.61. The second kappa shape index (κ2) is 10.8. The predicted molar refractivity (Wildman–Crippen MR) is 137 cm³/mol. The number of benzene rings is 4. The minimum absolute atomic E-state index is 0.0246. The minimum atomic E-state index is -0.870. The van der Waals surface area contributed by atoms with Gasteiger partial charge in [-0.3, -0.25) is 9.59 Å². The fourth-order valence-corrected chi connectivity index (χ4v) is 4.23. The van der Waals surface area contributed by atoms with E-state index in [-0.39, 0.29) is 24.2 Å². The summed E-state index contributed by atoms with van der Waals surface area (Å²) in [7, 11) is 0. The molecule has 5 nitrogen and oxygen atoms in total. The zero-order valence-corrected chi connectivity index (χ0v) is 19.4. The van der Waals surface area contributed by atoms with Gasteiger partial charge in [-0.25, -0.2) is 4.39 Å². The van der Waals surface area contributed by atoms with E-state index in [2.05, 4.69) is 10.6 Å². The minimum Gasteiger partial charge on any atom is -0.481 e. The first kappa shape index (κ1) is 24.0. The maximum atomic E-state index is 13.6. The Kier molecular flexibility index (Phi) is 7.41. The molecule has 0 aliphatic carbocycles. The normalized spacial score (nSPS) is 11.7. The molecule has 6 heteroatoms. The molecule has 0 aliphatic rings. The molecule has 3 N–H and O–H groups in total. The molecule has 1 unspecified atom stereocenters. The van der Waals surface area contributed by atoms with E-state index in [1.54, 1.807) is 18.2 Å². The zero-order valence-electron chi connectivity index (χ0n) is 19.4. The van der Waals surface area contributed by atoms with Gasteiger partial charge in [0.25, 0.3) is 5.91 Å². The van der Waals surface area contributed by atoms with E-state index in [0.717, 1.165) is 21.9 Å². The lowest BCUT2D eigenvalue weighted by Gasteiger charge is -2.19. The van der Waals surface area contributed by atoms with Crippen LogP contribution in [0, 0.1) is 5.82 Å². The van der Waals surface area contributed by atoms with Crippen LogP contribution in [0.5, 0.6) is 0 Å². The van der Waals surface area contributed by atoms with Crippen molar-refractivity contribution >= 4 is 34.0 Å². The number of nitrogens with one attached hydrogen (secondary N) is 2. The highest BCUT2D eigenvalue weighted by atomic mass is 19.1. The average Bonchev–Trinajstić information content (AvgIpc) is 2.84. The van der Waals surface area contributed by atoms with Crippen molar-refractivity contribution in [3.63, 3.8) is 0 Å². The number of carboxylic acid groups (broad SMARTS) is 1. The molecule has 0 aromatic heterocycles. The first-order valence-corrected chi connectivity index (χ1v) is 11.6. The highest BCUT2D eigenvalue weighted by Gasteiger charge is 2.17. The summed E-state index contributed by atoms with van der Waals surface area (Å²) in [5.41, 5.74) is 3.44. The Labute approximate surface area is 203 Å². The number of carbonyl (C=O) groups excluding carboxylic acids is 1. The Morgan fingerprint density at radius 1 is 0.914 bits per heavy atom. The Bertz CT molecular complexity index is 1360. The van der Waals surface area contributed by atoms with Gasteiger partial charge in [-0.15, -0.1) is 0 Å². The number of hydrogen-bond donors (Lipinski definition) is 3. The summed E-state index contributed by atoms with van der Waals surface area (Å²) in [5, 5.41) is 17.4. The van der Waals surface area contributed by atoms with Gasteiger partial charge in [-0.2, -0.15) is 0 Å². The number of anilines is 2. The molecule has 0 saturated heterocycles. The third kappa shape index (κ3) is 6.03. The lowest BCUT2D eigenvalue weighted by Crippen LogP contribution is -2.28. The Morgan fingerprint density at radius 3 is 2.46 bits per heavy atom. The summed E-state index contributed by atoms with van der Waals surface area (Å²) in [4.78, 5) is 24.4. The summed E-state index contributed by atoms with van der Waals surface area (Å²) in [6.07, 6.45) is 0.903. The van der Waals surface area contributed by atoms with Gasteiger partial charge in [-0.1, -0.05) is 54.6 Å². The number of aliphatic carboxylic acids is 1. The molecule has 0 fully saturated rings. The van der Waals surface area contributed by atoms with Crippen molar-refractivity contribution in [3.8, 4) is 0 Å². The molecule has 0 heterocycles. The van der Waals surface area contributed by atoms with Crippen LogP contribution in [0.3, 0.4) is 0 Å². The molecule has 0 bridgehead atoms. The van der Waals surface area contributed by atoms with Crippen LogP contribution < -0.4 is 10.6 Å². The molecule has 0 saturated carbocycles. The van der Waals surface area contributed by atoms with Crippen LogP contribution in [-0.2, 0) is 11.2 Å². The second-order valence-electron chi connectivity index (χ2n) is 8.52. The summed E-state index contributed by atoms with van der Waals surface area (Å²) in [6.45, 7) is 1.94. The van der Waals surface area contributed by atoms with Gasteiger partial charge < -0.3 is 15.7 Å². The molecular formula is C29H27FN2O3. The van der Waals surface area contributed by atoms with Crippen LogP contribution in [0.1, 0.15) is 47.3 Å². The van der Waals surface area contributed by atoms with Crippen LogP contribution in [0.2, 0.25) is 0 Å². The van der Waals surface area contributed by atoms with E-state index in [1.165, 1.54) is 12.1 Å². The van der Waals surface area contributed by atoms with E-state index in [1.807, 2.05) is 61.5 Å². The number of amides is 1. The number of rotatable bonds is 9. The van der Waals surface area contributed by atoms with Crippen LogP contribution >= 0.6 is 0 Å². The molecule has 178 valence electrons. The average molecular weight is 471 g/mol. The van der Waals surface area contributed by atoms with Crippen molar-refractivity contribution in [3.05, 3.63) is 107 Å². The van der Waals surface area contributed by atoms with E-state index in [9.17, 15) is 14.0 Å². The molecular weight excluding hydrogens is 443 g/mol. The summed E-state index contributed by atoms with van der Waals surface area (Å²) < 4.78 is 13.6. The van der Waals surface area contributed by atoms with Crippen molar-refractivity contribution in [2.24, 2.45) is 0 Å². The predicted octanol–water partition coefficient (Wildman–Crippen LogP) is 6.62. The van der Waals surface area contributed by atoms with Crippen molar-refractivity contribution in [2.75, 3.05) is 5.32 Å². The Hall–Kier alpha value is -4.19. The quantitative estimate of drug-likeness (QED) is 0.257. The number of fused-ring (bicyclic) bond motifs is 1. The topological polar surface area (TPSA) is 78.4 Å². The highest BCUT2D eigenvalue weighted by Crippen LogP contribution is 2.26. The van der Waals surface area contributed by atoms with Crippen LogP contribution in [0.25, 0.3) is 10.8 Å². The number of halogens is 1. The standard InChI is InChI=1S/C29H27FN2O3/c1-19(25-13-4-8-20-7-2-3-12-26(20)25)31-29(35)27-18-24(32-23-11-6-10-22(30)17-23)16-15-21(27)9-5-14-28(33)34/h2-4,6-8,10-13,15-19,32H,5,9,14H2,1H3,(H,31,35)(H,33,34).